The van der Waals surface area contributed by atoms with Crippen LogP contribution in [0.5, 0.6) is 5.75 Å². The number of nitrogens with two attached hydrogens (primary N) is 1. The highest BCUT2D eigenvalue weighted by Gasteiger charge is 2.23. The Hall–Kier alpha value is -1.02. The minimum Gasteiger partial charge on any atom is -0.496 e. The summed E-state index contributed by atoms with van der Waals surface area (Å²) in [6.45, 7) is 4.31. The fourth-order valence-electron chi connectivity index (χ4n) is 2.74. The molecular formula is C15H23NO. The van der Waals surface area contributed by atoms with Gasteiger partial charge in [0, 0.05) is 6.04 Å². The van der Waals surface area contributed by atoms with Gasteiger partial charge in [-0.3, -0.25) is 0 Å². The van der Waals surface area contributed by atoms with Crippen molar-refractivity contribution >= 4 is 0 Å². The fourth-order valence-corrected chi connectivity index (χ4v) is 2.74. The summed E-state index contributed by atoms with van der Waals surface area (Å²) < 4.78 is 5.53. The molecule has 0 aliphatic heterocycles. The molecule has 1 aromatic carbocycles. The monoisotopic (exact) mass is 233 g/mol. The van der Waals surface area contributed by atoms with E-state index in [1.807, 2.05) is 0 Å². The van der Waals surface area contributed by atoms with Crippen LogP contribution in [0.1, 0.15) is 48.3 Å². The summed E-state index contributed by atoms with van der Waals surface area (Å²) in [4.78, 5) is 0. The highest BCUT2D eigenvalue weighted by atomic mass is 16.5. The molecule has 94 valence electrons. The van der Waals surface area contributed by atoms with E-state index in [0.717, 1.165) is 18.6 Å². The predicted octanol–water partition coefficient (Wildman–Crippen LogP) is 3.30. The highest BCUT2D eigenvalue weighted by molar-refractivity contribution is 5.43. The van der Waals surface area contributed by atoms with Gasteiger partial charge < -0.3 is 10.5 Å². The normalized spacial score (nSPS) is 24.7. The molecule has 17 heavy (non-hydrogen) atoms. The molecule has 1 aliphatic rings. The lowest BCUT2D eigenvalue weighted by Gasteiger charge is -2.28. The lowest BCUT2D eigenvalue weighted by atomic mass is 9.81. The van der Waals surface area contributed by atoms with Crippen LogP contribution >= 0.6 is 0 Å². The average Bonchev–Trinajstić information content (AvgIpc) is 2.33. The first-order chi connectivity index (χ1) is 8.11. The number of hydrogen-bond acceptors (Lipinski definition) is 2. The molecule has 0 heterocycles. The molecule has 0 spiro atoms. The second-order valence-electron chi connectivity index (χ2n) is 5.29. The first-order valence-corrected chi connectivity index (χ1v) is 6.52. The van der Waals surface area contributed by atoms with Gasteiger partial charge in [0.25, 0.3) is 0 Å². The van der Waals surface area contributed by atoms with Crippen LogP contribution in [0.25, 0.3) is 0 Å². The van der Waals surface area contributed by atoms with Gasteiger partial charge in [-0.1, -0.05) is 6.07 Å². The van der Waals surface area contributed by atoms with Crippen molar-refractivity contribution in [3.63, 3.8) is 0 Å². The predicted molar refractivity (Wildman–Crippen MR) is 71.7 cm³/mol. The summed E-state index contributed by atoms with van der Waals surface area (Å²) in [5, 5.41) is 0. The zero-order valence-corrected chi connectivity index (χ0v) is 11.1. The van der Waals surface area contributed by atoms with Gasteiger partial charge >= 0.3 is 0 Å². The summed E-state index contributed by atoms with van der Waals surface area (Å²) in [6.07, 6.45) is 4.67. The lowest BCUT2D eigenvalue weighted by Crippen LogP contribution is -2.25. The van der Waals surface area contributed by atoms with Gasteiger partial charge in [-0.05, 0) is 68.2 Å². The third kappa shape index (κ3) is 2.63. The van der Waals surface area contributed by atoms with Crippen LogP contribution in [0.15, 0.2) is 12.1 Å². The van der Waals surface area contributed by atoms with Crippen LogP contribution in [0.2, 0.25) is 0 Å². The van der Waals surface area contributed by atoms with E-state index in [0.29, 0.717) is 12.0 Å². The number of aryl methyl sites for hydroxylation is 2. The van der Waals surface area contributed by atoms with Crippen molar-refractivity contribution in [2.24, 2.45) is 5.73 Å². The van der Waals surface area contributed by atoms with Crippen LogP contribution < -0.4 is 10.5 Å². The molecule has 0 amide bonds. The van der Waals surface area contributed by atoms with Crippen molar-refractivity contribution in [2.45, 2.75) is 51.5 Å². The minimum atomic E-state index is 0.406. The quantitative estimate of drug-likeness (QED) is 0.850. The zero-order chi connectivity index (χ0) is 12.4. The maximum Gasteiger partial charge on any atom is 0.122 e. The van der Waals surface area contributed by atoms with E-state index < -0.39 is 0 Å². The molecule has 0 bridgehead atoms. The molecule has 0 atom stereocenters. The van der Waals surface area contributed by atoms with Crippen molar-refractivity contribution in [3.8, 4) is 5.75 Å². The molecule has 2 rings (SSSR count). The van der Waals surface area contributed by atoms with Crippen molar-refractivity contribution in [2.75, 3.05) is 7.11 Å². The second kappa shape index (κ2) is 5.09. The maximum atomic E-state index is 5.97. The Morgan fingerprint density at radius 2 is 1.65 bits per heavy atom. The van der Waals surface area contributed by atoms with Gasteiger partial charge in [0.15, 0.2) is 0 Å². The Bertz CT molecular complexity index is 392. The third-order valence-electron chi connectivity index (χ3n) is 4.06. The van der Waals surface area contributed by atoms with Gasteiger partial charge in [-0.25, -0.2) is 0 Å². The number of benzene rings is 1. The molecule has 0 unspecified atom stereocenters. The Kier molecular flexibility index (Phi) is 3.72. The molecular weight excluding hydrogens is 210 g/mol. The number of methoxy groups -OCH3 is 1. The molecule has 2 nitrogen and oxygen atoms in total. The van der Waals surface area contributed by atoms with E-state index in [2.05, 4.69) is 26.0 Å². The van der Waals surface area contributed by atoms with Gasteiger partial charge in [0.2, 0.25) is 0 Å². The van der Waals surface area contributed by atoms with Gasteiger partial charge in [-0.2, -0.15) is 0 Å². The summed E-state index contributed by atoms with van der Waals surface area (Å²) in [5.41, 5.74) is 10.0. The van der Waals surface area contributed by atoms with E-state index in [9.17, 15) is 0 Å². The molecule has 1 saturated carbocycles. The highest BCUT2D eigenvalue weighted by Crippen LogP contribution is 2.38. The average molecular weight is 233 g/mol. The van der Waals surface area contributed by atoms with Crippen LogP contribution in [0.3, 0.4) is 0 Å². The fraction of sp³-hybridized carbons (Fsp3) is 0.600. The van der Waals surface area contributed by atoms with Gasteiger partial charge in [0.1, 0.15) is 5.75 Å². The Labute approximate surface area is 104 Å². The van der Waals surface area contributed by atoms with Crippen molar-refractivity contribution < 1.29 is 4.74 Å². The van der Waals surface area contributed by atoms with Crippen LogP contribution in [0, 0.1) is 13.8 Å². The van der Waals surface area contributed by atoms with Crippen LogP contribution in [-0.2, 0) is 0 Å². The van der Waals surface area contributed by atoms with E-state index >= 15 is 0 Å². The largest absolute Gasteiger partial charge is 0.496 e. The summed E-state index contributed by atoms with van der Waals surface area (Å²) in [5.74, 6) is 1.68. The van der Waals surface area contributed by atoms with Crippen LogP contribution in [0.4, 0.5) is 0 Å². The summed E-state index contributed by atoms with van der Waals surface area (Å²) >= 11 is 0. The third-order valence-corrected chi connectivity index (χ3v) is 4.06. The minimum absolute atomic E-state index is 0.406. The molecule has 1 fully saturated rings. The van der Waals surface area contributed by atoms with E-state index in [4.69, 9.17) is 10.5 Å². The van der Waals surface area contributed by atoms with Crippen LogP contribution in [-0.4, -0.2) is 13.2 Å². The SMILES string of the molecule is COc1cc(C)c(C)cc1C1CCC(N)CC1. The lowest BCUT2D eigenvalue weighted by molar-refractivity contribution is 0.369. The Morgan fingerprint density at radius 1 is 1.06 bits per heavy atom. The van der Waals surface area contributed by atoms with Crippen molar-refractivity contribution in [1.82, 2.24) is 0 Å². The second-order valence-corrected chi connectivity index (χ2v) is 5.29. The number of rotatable bonds is 2. The first kappa shape index (κ1) is 12.4. The standard InChI is InChI=1S/C15H23NO/c1-10-8-14(15(17-3)9-11(10)2)12-4-6-13(16)7-5-12/h8-9,12-13H,4-7,16H2,1-3H3. The molecule has 1 aliphatic carbocycles. The maximum absolute atomic E-state index is 5.97. The zero-order valence-electron chi connectivity index (χ0n) is 11.1. The topological polar surface area (TPSA) is 35.2 Å². The first-order valence-electron chi connectivity index (χ1n) is 6.52. The Morgan fingerprint density at radius 3 is 2.24 bits per heavy atom. The molecule has 2 N–H and O–H groups in total. The van der Waals surface area contributed by atoms with Crippen molar-refractivity contribution in [1.29, 1.82) is 0 Å². The molecule has 0 aromatic heterocycles. The summed E-state index contributed by atoms with van der Waals surface area (Å²) in [7, 11) is 1.77. The number of hydrogen-bond donors (Lipinski definition) is 1. The Balaban J connectivity index is 2.27. The number of ether oxygens (including phenoxy) is 1. The molecule has 1 aromatic rings. The van der Waals surface area contributed by atoms with Crippen molar-refractivity contribution in [3.05, 3.63) is 28.8 Å². The van der Waals surface area contributed by atoms with Gasteiger partial charge in [0.05, 0.1) is 7.11 Å². The van der Waals surface area contributed by atoms with Gasteiger partial charge in [-0.15, -0.1) is 0 Å². The summed E-state index contributed by atoms with van der Waals surface area (Å²) in [6, 6.07) is 4.87. The van der Waals surface area contributed by atoms with E-state index in [1.54, 1.807) is 7.11 Å². The molecule has 2 heteroatoms. The smallest absolute Gasteiger partial charge is 0.122 e. The molecule has 0 saturated heterocycles. The van der Waals surface area contributed by atoms with E-state index in [1.165, 1.54) is 29.5 Å². The van der Waals surface area contributed by atoms with E-state index in [-0.39, 0.29) is 0 Å². The molecule has 0 radical (unpaired) electrons.